The minimum absolute atomic E-state index is 0.0541. The number of carbonyl (C=O) groups is 3. The summed E-state index contributed by atoms with van der Waals surface area (Å²) in [4.78, 5) is 44.1. The van der Waals surface area contributed by atoms with Crippen molar-refractivity contribution in [3.05, 3.63) is 134 Å². The average Bonchev–Trinajstić information content (AvgIpc) is 3.49. The highest BCUT2D eigenvalue weighted by Gasteiger charge is 2.18. The fourth-order valence-electron chi connectivity index (χ4n) is 4.05. The first-order valence-electron chi connectivity index (χ1n) is 13.4. The molecule has 0 aliphatic rings. The number of benzene rings is 4. The third-order valence-corrected chi connectivity index (χ3v) is 8.87. The summed E-state index contributed by atoms with van der Waals surface area (Å²) in [6, 6.07) is 24.3. The van der Waals surface area contributed by atoms with Crippen LogP contribution >= 0.6 is 57.9 Å². The van der Waals surface area contributed by atoms with Crippen LogP contribution in [0.4, 0.5) is 15.2 Å². The lowest BCUT2D eigenvalue weighted by Gasteiger charge is -2.13. The third-order valence-electron chi connectivity index (χ3n) is 6.24. The number of hydrogen-bond acceptors (Lipinski definition) is 6. The number of hydrogen-bond donors (Lipinski definition) is 3. The van der Waals surface area contributed by atoms with Crippen LogP contribution in [-0.2, 0) is 9.59 Å². The van der Waals surface area contributed by atoms with Gasteiger partial charge in [-0.05, 0) is 66.7 Å². The van der Waals surface area contributed by atoms with Crippen molar-refractivity contribution in [1.29, 1.82) is 0 Å². The molecule has 0 aliphatic carbocycles. The molecule has 5 rings (SSSR count). The van der Waals surface area contributed by atoms with Gasteiger partial charge in [0.25, 0.3) is 11.8 Å². The second kappa shape index (κ2) is 15.4. The quantitative estimate of drug-likeness (QED) is 0.0992. The third kappa shape index (κ3) is 8.74. The SMILES string of the molecule is O=C(CSc1cccc(NC(=O)/C(=C\c2c(F)cccc2Cl)NC(=O)c2ccccc2)c1)Nc1nc(-c2ccc(Cl)cc2Cl)cs1. The average molecular weight is 712 g/mol. The highest BCUT2D eigenvalue weighted by atomic mass is 35.5. The molecule has 232 valence electrons. The van der Waals surface area contributed by atoms with Crippen molar-refractivity contribution in [2.24, 2.45) is 0 Å². The largest absolute Gasteiger partial charge is 0.321 e. The first-order valence-corrected chi connectivity index (χ1v) is 16.4. The van der Waals surface area contributed by atoms with Crippen LogP contribution in [0.2, 0.25) is 15.1 Å². The molecule has 0 atom stereocenters. The van der Waals surface area contributed by atoms with Gasteiger partial charge < -0.3 is 16.0 Å². The highest BCUT2D eigenvalue weighted by Crippen LogP contribution is 2.32. The number of nitrogens with one attached hydrogen (secondary N) is 3. The summed E-state index contributed by atoms with van der Waals surface area (Å²) in [5.74, 6) is -2.14. The standard InChI is InChI=1S/C33H22Cl3FN4O3S2/c34-20-12-13-23(26(36)14-20)29-17-46-33(40-29)41-30(42)18-45-22-9-4-8-21(15-22)38-32(44)28(16-24-25(35)10-5-11-27(24)37)39-31(43)19-6-2-1-3-7-19/h1-17H,18H2,(H,38,44)(H,39,43)(H,40,41,42)/b28-16+. The predicted molar refractivity (Wildman–Crippen MR) is 185 cm³/mol. The van der Waals surface area contributed by atoms with Gasteiger partial charge in [-0.2, -0.15) is 0 Å². The molecule has 0 radical (unpaired) electrons. The van der Waals surface area contributed by atoms with E-state index >= 15 is 0 Å². The van der Waals surface area contributed by atoms with Crippen molar-refractivity contribution in [2.45, 2.75) is 4.90 Å². The Morgan fingerprint density at radius 1 is 0.870 bits per heavy atom. The van der Waals surface area contributed by atoms with E-state index in [9.17, 15) is 18.8 Å². The fraction of sp³-hybridized carbons (Fsp3) is 0.0303. The van der Waals surface area contributed by atoms with Crippen LogP contribution in [0.1, 0.15) is 15.9 Å². The molecule has 0 spiro atoms. The van der Waals surface area contributed by atoms with Gasteiger partial charge in [-0.3, -0.25) is 14.4 Å². The lowest BCUT2D eigenvalue weighted by molar-refractivity contribution is -0.114. The van der Waals surface area contributed by atoms with E-state index in [1.165, 1.54) is 47.4 Å². The van der Waals surface area contributed by atoms with Gasteiger partial charge in [-0.15, -0.1) is 23.1 Å². The smallest absolute Gasteiger partial charge is 0.272 e. The summed E-state index contributed by atoms with van der Waals surface area (Å²) < 4.78 is 14.6. The first kappa shape index (κ1) is 33.2. The van der Waals surface area contributed by atoms with Gasteiger partial charge in [-0.1, -0.05) is 65.1 Å². The molecule has 0 saturated carbocycles. The minimum Gasteiger partial charge on any atom is -0.321 e. The molecule has 0 aliphatic heterocycles. The van der Waals surface area contributed by atoms with Crippen LogP contribution in [0.15, 0.2) is 107 Å². The molecule has 0 unspecified atom stereocenters. The Labute approximate surface area is 286 Å². The van der Waals surface area contributed by atoms with Gasteiger partial charge in [0, 0.05) is 37.7 Å². The summed E-state index contributed by atoms with van der Waals surface area (Å²) in [6.45, 7) is 0. The number of halogens is 4. The first-order chi connectivity index (χ1) is 22.2. The molecule has 1 heterocycles. The Hall–Kier alpha value is -4.19. The number of thiazole rings is 1. The maximum absolute atomic E-state index is 14.6. The molecule has 5 aromatic rings. The van der Waals surface area contributed by atoms with Crippen LogP contribution in [0.3, 0.4) is 0 Å². The fourth-order valence-corrected chi connectivity index (χ4v) is 6.26. The summed E-state index contributed by atoms with van der Waals surface area (Å²) >= 11 is 20.9. The highest BCUT2D eigenvalue weighted by molar-refractivity contribution is 8.00. The van der Waals surface area contributed by atoms with E-state index in [0.29, 0.717) is 42.6 Å². The number of nitrogens with zero attached hydrogens (tertiary/aromatic N) is 1. The molecule has 4 aromatic carbocycles. The lowest BCUT2D eigenvalue weighted by atomic mass is 10.1. The zero-order valence-electron chi connectivity index (χ0n) is 23.5. The van der Waals surface area contributed by atoms with Gasteiger partial charge in [0.1, 0.15) is 11.5 Å². The monoisotopic (exact) mass is 710 g/mol. The van der Waals surface area contributed by atoms with Crippen molar-refractivity contribution >= 4 is 92.5 Å². The molecule has 0 saturated heterocycles. The number of carbonyl (C=O) groups excluding carboxylic acids is 3. The summed E-state index contributed by atoms with van der Waals surface area (Å²) in [5.41, 5.74) is 1.73. The van der Waals surface area contributed by atoms with E-state index in [1.807, 2.05) is 0 Å². The summed E-state index contributed by atoms with van der Waals surface area (Å²) in [6.07, 6.45) is 1.18. The van der Waals surface area contributed by atoms with E-state index in [1.54, 1.807) is 78.2 Å². The van der Waals surface area contributed by atoms with Crippen LogP contribution in [0.25, 0.3) is 17.3 Å². The van der Waals surface area contributed by atoms with Gasteiger partial charge >= 0.3 is 0 Å². The van der Waals surface area contributed by atoms with Gasteiger partial charge in [0.05, 0.1) is 21.5 Å². The molecule has 0 bridgehead atoms. The molecule has 1 aromatic heterocycles. The number of amides is 3. The number of rotatable bonds is 10. The maximum Gasteiger partial charge on any atom is 0.272 e. The second-order valence-electron chi connectivity index (χ2n) is 9.49. The lowest BCUT2D eigenvalue weighted by Crippen LogP contribution is -2.30. The van der Waals surface area contributed by atoms with Crippen molar-refractivity contribution in [1.82, 2.24) is 10.3 Å². The topological polar surface area (TPSA) is 100 Å². The van der Waals surface area contributed by atoms with E-state index in [2.05, 4.69) is 20.9 Å². The van der Waals surface area contributed by atoms with Crippen LogP contribution in [-0.4, -0.2) is 28.5 Å². The normalized spacial score (nSPS) is 11.2. The molecule has 3 N–H and O–H groups in total. The summed E-state index contributed by atoms with van der Waals surface area (Å²) in [5, 5.41) is 11.3. The maximum atomic E-state index is 14.6. The van der Waals surface area contributed by atoms with E-state index < -0.39 is 17.6 Å². The Morgan fingerprint density at radius 3 is 2.41 bits per heavy atom. The number of aromatic nitrogens is 1. The number of anilines is 2. The Bertz CT molecular complexity index is 1930. The molecular weight excluding hydrogens is 690 g/mol. The zero-order valence-corrected chi connectivity index (χ0v) is 27.4. The van der Waals surface area contributed by atoms with Crippen LogP contribution in [0, 0.1) is 5.82 Å². The molecule has 7 nitrogen and oxygen atoms in total. The van der Waals surface area contributed by atoms with Crippen LogP contribution < -0.4 is 16.0 Å². The van der Waals surface area contributed by atoms with E-state index in [0.717, 1.165) is 0 Å². The predicted octanol–water partition coefficient (Wildman–Crippen LogP) is 9.05. The number of thioether (sulfide) groups is 1. The molecule has 3 amide bonds. The van der Waals surface area contributed by atoms with E-state index in [4.69, 9.17) is 34.8 Å². The Balaban J connectivity index is 1.25. The van der Waals surface area contributed by atoms with Crippen molar-refractivity contribution < 1.29 is 18.8 Å². The second-order valence-corrected chi connectivity index (χ2v) is 12.7. The summed E-state index contributed by atoms with van der Waals surface area (Å²) in [7, 11) is 0. The Kier molecular flexibility index (Phi) is 11.1. The van der Waals surface area contributed by atoms with Crippen molar-refractivity contribution in [3.8, 4) is 11.3 Å². The van der Waals surface area contributed by atoms with Gasteiger partial charge in [0.15, 0.2) is 5.13 Å². The van der Waals surface area contributed by atoms with Gasteiger partial charge in [-0.25, -0.2) is 9.37 Å². The minimum atomic E-state index is -0.705. The molecule has 46 heavy (non-hydrogen) atoms. The molecule has 13 heteroatoms. The van der Waals surface area contributed by atoms with Gasteiger partial charge in [0.2, 0.25) is 5.91 Å². The van der Waals surface area contributed by atoms with E-state index in [-0.39, 0.29) is 27.9 Å². The molecule has 0 fully saturated rings. The Morgan fingerprint density at radius 2 is 1.65 bits per heavy atom. The van der Waals surface area contributed by atoms with Crippen molar-refractivity contribution in [3.63, 3.8) is 0 Å². The van der Waals surface area contributed by atoms with Crippen LogP contribution in [0.5, 0.6) is 0 Å². The van der Waals surface area contributed by atoms with Crippen molar-refractivity contribution in [2.75, 3.05) is 16.4 Å². The zero-order chi connectivity index (χ0) is 32.6. The molecular formula is C33H22Cl3FN4O3S2.